The fraction of sp³-hybridized carbons (Fsp3) is 0.167. The van der Waals surface area contributed by atoms with Gasteiger partial charge in [-0.05, 0) is 48.5 Å². The van der Waals surface area contributed by atoms with Gasteiger partial charge < -0.3 is 10.1 Å². The predicted octanol–water partition coefficient (Wildman–Crippen LogP) is 3.79. The standard InChI is InChI=1S/C18H16F3NO4S/c1-27(24,25)12-2-11-22-17(23)13-3-7-15(8-4-13)26-16-9-5-14(6-10-16)18(19,20)21/h2-10,12H,11H2,1H3,(H,22,23)/b12-2+. The second-order valence-electron chi connectivity index (χ2n) is 5.56. The van der Waals surface area contributed by atoms with Crippen molar-refractivity contribution in [2.45, 2.75) is 6.18 Å². The normalized spacial score (nSPS) is 12.1. The summed E-state index contributed by atoms with van der Waals surface area (Å²) in [5, 5.41) is 3.52. The molecular formula is C18H16F3NO4S. The van der Waals surface area contributed by atoms with Crippen LogP contribution in [-0.4, -0.2) is 27.1 Å². The minimum absolute atomic E-state index is 0.0513. The van der Waals surface area contributed by atoms with E-state index in [2.05, 4.69) is 5.32 Å². The molecule has 2 rings (SSSR count). The molecule has 1 amide bonds. The van der Waals surface area contributed by atoms with E-state index >= 15 is 0 Å². The molecule has 0 aliphatic heterocycles. The van der Waals surface area contributed by atoms with E-state index in [4.69, 9.17) is 4.74 Å². The first-order valence-electron chi connectivity index (χ1n) is 7.64. The van der Waals surface area contributed by atoms with Gasteiger partial charge in [0.25, 0.3) is 5.91 Å². The number of rotatable bonds is 6. The third-order valence-corrected chi connectivity index (χ3v) is 3.94. The monoisotopic (exact) mass is 399 g/mol. The van der Waals surface area contributed by atoms with E-state index in [1.807, 2.05) is 0 Å². The number of nitrogens with one attached hydrogen (secondary N) is 1. The molecule has 2 aromatic carbocycles. The highest BCUT2D eigenvalue weighted by Crippen LogP contribution is 2.31. The second kappa shape index (κ2) is 8.26. The van der Waals surface area contributed by atoms with Crippen LogP contribution in [0.2, 0.25) is 0 Å². The van der Waals surface area contributed by atoms with Crippen molar-refractivity contribution in [3.63, 3.8) is 0 Å². The SMILES string of the molecule is CS(=O)(=O)/C=C/CNC(=O)c1ccc(Oc2ccc(C(F)(F)F)cc2)cc1. The van der Waals surface area contributed by atoms with E-state index in [9.17, 15) is 26.4 Å². The lowest BCUT2D eigenvalue weighted by Crippen LogP contribution is -2.23. The van der Waals surface area contributed by atoms with Gasteiger partial charge in [0.1, 0.15) is 11.5 Å². The van der Waals surface area contributed by atoms with Crippen molar-refractivity contribution in [3.05, 3.63) is 71.1 Å². The highest BCUT2D eigenvalue weighted by atomic mass is 32.2. The first-order chi connectivity index (χ1) is 12.5. The summed E-state index contributed by atoms with van der Waals surface area (Å²) < 4.78 is 64.9. The number of carbonyl (C=O) groups excluding carboxylic acids is 1. The first kappa shape index (κ1) is 20.5. The Morgan fingerprint density at radius 3 is 2.04 bits per heavy atom. The van der Waals surface area contributed by atoms with Crippen LogP contribution in [0.4, 0.5) is 13.2 Å². The zero-order chi connectivity index (χ0) is 20.1. The molecule has 0 saturated carbocycles. The fourth-order valence-corrected chi connectivity index (χ4v) is 2.44. The van der Waals surface area contributed by atoms with Crippen molar-refractivity contribution in [1.29, 1.82) is 0 Å². The first-order valence-corrected chi connectivity index (χ1v) is 9.60. The van der Waals surface area contributed by atoms with Crippen LogP contribution in [0.25, 0.3) is 0 Å². The Hall–Kier alpha value is -2.81. The zero-order valence-corrected chi connectivity index (χ0v) is 15.0. The number of amides is 1. The third-order valence-electron chi connectivity index (χ3n) is 3.26. The summed E-state index contributed by atoms with van der Waals surface area (Å²) in [6.45, 7) is 0.0513. The maximum Gasteiger partial charge on any atom is 0.416 e. The lowest BCUT2D eigenvalue weighted by atomic mass is 10.2. The van der Waals surface area contributed by atoms with Crippen LogP contribution in [0.5, 0.6) is 11.5 Å². The number of benzene rings is 2. The fourth-order valence-electron chi connectivity index (χ4n) is 2.00. The number of sulfone groups is 1. The minimum atomic E-state index is -4.41. The Bertz CT molecular complexity index is 919. The van der Waals surface area contributed by atoms with Gasteiger partial charge in [-0.15, -0.1) is 0 Å². The largest absolute Gasteiger partial charge is 0.457 e. The van der Waals surface area contributed by atoms with Gasteiger partial charge in [-0.2, -0.15) is 13.2 Å². The van der Waals surface area contributed by atoms with Crippen LogP contribution in [0.15, 0.2) is 60.0 Å². The van der Waals surface area contributed by atoms with Crippen LogP contribution >= 0.6 is 0 Å². The van der Waals surface area contributed by atoms with Crippen LogP contribution in [0.1, 0.15) is 15.9 Å². The Morgan fingerprint density at radius 1 is 1.04 bits per heavy atom. The Balaban J connectivity index is 1.94. The van der Waals surface area contributed by atoms with Crippen molar-refractivity contribution in [2.24, 2.45) is 0 Å². The summed E-state index contributed by atoms with van der Waals surface area (Å²) in [6, 6.07) is 10.2. The van der Waals surface area contributed by atoms with Gasteiger partial charge >= 0.3 is 6.18 Å². The highest BCUT2D eigenvalue weighted by molar-refractivity contribution is 7.93. The maximum absolute atomic E-state index is 12.5. The van der Waals surface area contributed by atoms with Gasteiger partial charge in [0.2, 0.25) is 0 Å². The Labute approximate surface area is 154 Å². The maximum atomic E-state index is 12.5. The van der Waals surface area contributed by atoms with E-state index in [-0.39, 0.29) is 12.3 Å². The van der Waals surface area contributed by atoms with E-state index in [1.165, 1.54) is 42.5 Å². The van der Waals surface area contributed by atoms with Crippen LogP contribution in [0.3, 0.4) is 0 Å². The molecule has 0 fully saturated rings. The molecule has 0 atom stereocenters. The van der Waals surface area contributed by atoms with E-state index < -0.39 is 27.5 Å². The molecule has 0 unspecified atom stereocenters. The molecule has 144 valence electrons. The van der Waals surface area contributed by atoms with E-state index in [0.29, 0.717) is 11.3 Å². The number of carbonyl (C=O) groups is 1. The van der Waals surface area contributed by atoms with Gasteiger partial charge in [-0.1, -0.05) is 6.08 Å². The number of ether oxygens (including phenoxy) is 1. The molecule has 5 nitrogen and oxygen atoms in total. The van der Waals surface area contributed by atoms with Crippen LogP contribution in [-0.2, 0) is 16.0 Å². The van der Waals surface area contributed by atoms with Gasteiger partial charge in [0.05, 0.1) is 5.56 Å². The number of halogens is 3. The lowest BCUT2D eigenvalue weighted by molar-refractivity contribution is -0.137. The zero-order valence-electron chi connectivity index (χ0n) is 14.2. The molecule has 0 aliphatic carbocycles. The van der Waals surface area contributed by atoms with Crippen LogP contribution < -0.4 is 10.1 Å². The smallest absolute Gasteiger partial charge is 0.416 e. The summed E-state index contributed by atoms with van der Waals surface area (Å²) >= 11 is 0. The van der Waals surface area contributed by atoms with Crippen molar-refractivity contribution in [3.8, 4) is 11.5 Å². The molecule has 0 bridgehead atoms. The second-order valence-corrected chi connectivity index (χ2v) is 7.49. The number of hydrogen-bond donors (Lipinski definition) is 1. The lowest BCUT2D eigenvalue weighted by Gasteiger charge is -2.09. The van der Waals surface area contributed by atoms with Gasteiger partial charge in [-0.25, -0.2) is 8.42 Å². The van der Waals surface area contributed by atoms with Crippen molar-refractivity contribution >= 4 is 15.7 Å². The van der Waals surface area contributed by atoms with E-state index in [0.717, 1.165) is 23.8 Å². The van der Waals surface area contributed by atoms with Gasteiger partial charge in [0.15, 0.2) is 9.84 Å². The third kappa shape index (κ3) is 6.78. The summed E-state index contributed by atoms with van der Waals surface area (Å²) in [7, 11) is -3.24. The molecule has 0 spiro atoms. The number of alkyl halides is 3. The summed E-state index contributed by atoms with van der Waals surface area (Å²) in [4.78, 5) is 11.9. The number of hydrogen-bond acceptors (Lipinski definition) is 4. The van der Waals surface area contributed by atoms with Crippen molar-refractivity contribution in [2.75, 3.05) is 12.8 Å². The molecule has 0 saturated heterocycles. The summed E-state index contributed by atoms with van der Waals surface area (Å²) in [5.41, 5.74) is -0.450. The van der Waals surface area contributed by atoms with E-state index in [1.54, 1.807) is 0 Å². The average Bonchev–Trinajstić information content (AvgIpc) is 2.58. The summed E-state index contributed by atoms with van der Waals surface area (Å²) in [6.07, 6.45) is -2.06. The minimum Gasteiger partial charge on any atom is -0.457 e. The topological polar surface area (TPSA) is 72.5 Å². The molecule has 0 aliphatic rings. The van der Waals surface area contributed by atoms with Crippen molar-refractivity contribution in [1.82, 2.24) is 5.32 Å². The molecule has 9 heteroatoms. The van der Waals surface area contributed by atoms with Gasteiger partial charge in [0, 0.05) is 23.8 Å². The molecule has 1 N–H and O–H groups in total. The van der Waals surface area contributed by atoms with Crippen molar-refractivity contribution < 1.29 is 31.1 Å². The average molecular weight is 399 g/mol. The van der Waals surface area contributed by atoms with Crippen LogP contribution in [0, 0.1) is 0 Å². The highest BCUT2D eigenvalue weighted by Gasteiger charge is 2.30. The molecule has 0 aromatic heterocycles. The summed E-state index contributed by atoms with van der Waals surface area (Å²) in [5.74, 6) is 0.170. The Morgan fingerprint density at radius 2 is 1.56 bits per heavy atom. The Kier molecular flexibility index (Phi) is 6.27. The quantitative estimate of drug-likeness (QED) is 0.802. The molecule has 0 radical (unpaired) electrons. The predicted molar refractivity (Wildman–Crippen MR) is 94.3 cm³/mol. The molecule has 27 heavy (non-hydrogen) atoms. The van der Waals surface area contributed by atoms with Gasteiger partial charge in [-0.3, -0.25) is 4.79 Å². The molecule has 2 aromatic rings. The molecular weight excluding hydrogens is 383 g/mol. The molecule has 0 heterocycles.